The van der Waals surface area contributed by atoms with E-state index in [4.69, 9.17) is 0 Å². The molecule has 0 saturated heterocycles. The molecule has 2 N–H and O–H groups in total. The van der Waals surface area contributed by atoms with E-state index in [0.717, 1.165) is 36.7 Å². The van der Waals surface area contributed by atoms with Crippen LogP contribution in [0.2, 0.25) is 0 Å². The number of carbonyl (C=O) groups is 1. The van der Waals surface area contributed by atoms with Crippen molar-refractivity contribution in [1.29, 1.82) is 5.26 Å². The maximum absolute atomic E-state index is 13.7. The first-order valence-corrected chi connectivity index (χ1v) is 9.22. The number of nitrogens with zero attached hydrogens (tertiary/aromatic N) is 1. The quantitative estimate of drug-likeness (QED) is 0.590. The Balaban J connectivity index is 1.68. The van der Waals surface area contributed by atoms with Crippen molar-refractivity contribution < 1.29 is 13.6 Å². The van der Waals surface area contributed by atoms with E-state index in [-0.39, 0.29) is 17.3 Å². The Hall–Kier alpha value is -3.20. The first-order valence-electron chi connectivity index (χ1n) is 9.22. The molecule has 6 heteroatoms. The lowest BCUT2D eigenvalue weighted by molar-refractivity contribution is -0.117. The molecule has 1 aliphatic rings. The summed E-state index contributed by atoms with van der Waals surface area (Å²) in [5.41, 5.74) is 3.42. The Morgan fingerprint density at radius 2 is 1.89 bits per heavy atom. The fourth-order valence-corrected chi connectivity index (χ4v) is 3.29. The van der Waals surface area contributed by atoms with Crippen LogP contribution in [0.15, 0.2) is 48.2 Å². The number of anilines is 1. The standard InChI is InChI=1S/C22H21F2N3O/c1-14(16-7-6-15-4-2-3-5-17(15)10-16)27-22(28)18(12-25)13-26-21-9-8-19(23)11-20(21)24/h6-11,13-14,26H,2-5H2,1H3,(H,27,28)/b18-13-. The van der Waals surface area contributed by atoms with Gasteiger partial charge in [-0.05, 0) is 61.4 Å². The predicted molar refractivity (Wildman–Crippen MR) is 103 cm³/mol. The number of hydrogen-bond acceptors (Lipinski definition) is 3. The Morgan fingerprint density at radius 1 is 1.14 bits per heavy atom. The van der Waals surface area contributed by atoms with E-state index in [9.17, 15) is 18.8 Å². The van der Waals surface area contributed by atoms with Gasteiger partial charge in [-0.3, -0.25) is 4.79 Å². The van der Waals surface area contributed by atoms with Crippen molar-refractivity contribution >= 4 is 11.6 Å². The predicted octanol–water partition coefficient (Wildman–Crippen LogP) is 4.54. The molecule has 0 bridgehead atoms. The van der Waals surface area contributed by atoms with Crippen molar-refractivity contribution in [3.05, 3.63) is 76.5 Å². The van der Waals surface area contributed by atoms with E-state index < -0.39 is 17.5 Å². The van der Waals surface area contributed by atoms with Gasteiger partial charge in [0, 0.05) is 12.3 Å². The lowest BCUT2D eigenvalue weighted by Crippen LogP contribution is -2.28. The maximum Gasteiger partial charge on any atom is 0.263 e. The molecule has 0 fully saturated rings. The van der Waals surface area contributed by atoms with Gasteiger partial charge in [-0.2, -0.15) is 5.26 Å². The molecule has 0 spiro atoms. The molecule has 0 aromatic heterocycles. The van der Waals surface area contributed by atoms with Crippen LogP contribution in [0.25, 0.3) is 0 Å². The SMILES string of the molecule is CC(NC(=O)/C(C#N)=C\Nc1ccc(F)cc1F)c1ccc2c(c1)CCCC2. The smallest absolute Gasteiger partial charge is 0.263 e. The minimum absolute atomic E-state index is 0.0234. The number of fused-ring (bicyclic) bond motifs is 1. The van der Waals surface area contributed by atoms with Crippen LogP contribution in [0.5, 0.6) is 0 Å². The van der Waals surface area contributed by atoms with E-state index in [0.29, 0.717) is 0 Å². The molecule has 0 aliphatic heterocycles. The van der Waals surface area contributed by atoms with E-state index in [1.807, 2.05) is 13.0 Å². The third kappa shape index (κ3) is 4.55. The lowest BCUT2D eigenvalue weighted by atomic mass is 9.89. The molecular formula is C22H21F2N3O. The molecule has 4 nitrogen and oxygen atoms in total. The van der Waals surface area contributed by atoms with E-state index in [2.05, 4.69) is 22.8 Å². The number of aryl methyl sites for hydroxylation is 2. The first-order chi connectivity index (χ1) is 13.5. The minimum atomic E-state index is -0.809. The molecule has 0 saturated carbocycles. The molecule has 3 rings (SSSR count). The number of nitriles is 1. The van der Waals surface area contributed by atoms with Crippen LogP contribution in [0, 0.1) is 23.0 Å². The van der Waals surface area contributed by atoms with Gasteiger partial charge in [-0.25, -0.2) is 8.78 Å². The minimum Gasteiger partial charge on any atom is -0.358 e. The molecule has 1 aliphatic carbocycles. The van der Waals surface area contributed by atoms with Crippen molar-refractivity contribution in [2.24, 2.45) is 0 Å². The van der Waals surface area contributed by atoms with Gasteiger partial charge in [0.2, 0.25) is 0 Å². The van der Waals surface area contributed by atoms with E-state index in [1.54, 1.807) is 6.07 Å². The van der Waals surface area contributed by atoms with Crippen LogP contribution in [-0.2, 0) is 17.6 Å². The summed E-state index contributed by atoms with van der Waals surface area (Å²) in [6.07, 6.45) is 5.62. The molecule has 1 amide bonds. The molecule has 1 atom stereocenters. The number of nitrogens with one attached hydrogen (secondary N) is 2. The van der Waals surface area contributed by atoms with Gasteiger partial charge >= 0.3 is 0 Å². The Labute approximate surface area is 162 Å². The second-order valence-corrected chi connectivity index (χ2v) is 6.87. The van der Waals surface area contributed by atoms with Crippen LogP contribution in [0.3, 0.4) is 0 Å². The lowest BCUT2D eigenvalue weighted by Gasteiger charge is -2.20. The summed E-state index contributed by atoms with van der Waals surface area (Å²) in [6.45, 7) is 1.85. The van der Waals surface area contributed by atoms with Crippen LogP contribution in [0.1, 0.15) is 42.5 Å². The van der Waals surface area contributed by atoms with Gasteiger partial charge in [0.1, 0.15) is 23.3 Å². The summed E-state index contributed by atoms with van der Waals surface area (Å²) in [5.74, 6) is -2.08. The number of hydrogen-bond donors (Lipinski definition) is 2. The summed E-state index contributed by atoms with van der Waals surface area (Å²) in [6, 6.07) is 10.7. The normalized spacial score (nSPS) is 14.6. The van der Waals surface area contributed by atoms with Crippen molar-refractivity contribution in [2.45, 2.75) is 38.6 Å². The average Bonchev–Trinajstić information content (AvgIpc) is 2.69. The third-order valence-electron chi connectivity index (χ3n) is 4.89. The summed E-state index contributed by atoms with van der Waals surface area (Å²) in [4.78, 5) is 12.4. The van der Waals surface area contributed by atoms with Gasteiger partial charge < -0.3 is 10.6 Å². The zero-order chi connectivity index (χ0) is 20.1. The number of carbonyl (C=O) groups excluding carboxylic acids is 1. The maximum atomic E-state index is 13.7. The monoisotopic (exact) mass is 381 g/mol. The van der Waals surface area contributed by atoms with Crippen molar-refractivity contribution in [3.63, 3.8) is 0 Å². The molecule has 2 aromatic carbocycles. The van der Waals surface area contributed by atoms with E-state index in [1.165, 1.54) is 30.0 Å². The molecule has 1 unspecified atom stereocenters. The van der Waals surface area contributed by atoms with Gasteiger partial charge in [0.25, 0.3) is 5.91 Å². The molecule has 2 aromatic rings. The van der Waals surface area contributed by atoms with E-state index >= 15 is 0 Å². The van der Waals surface area contributed by atoms with Crippen LogP contribution in [-0.4, -0.2) is 5.91 Å². The molecule has 0 heterocycles. The molecule has 144 valence electrons. The van der Waals surface area contributed by atoms with Gasteiger partial charge in [0.15, 0.2) is 0 Å². The second kappa shape index (κ2) is 8.66. The zero-order valence-corrected chi connectivity index (χ0v) is 15.6. The molecular weight excluding hydrogens is 360 g/mol. The number of rotatable bonds is 5. The van der Waals surface area contributed by atoms with Crippen molar-refractivity contribution in [1.82, 2.24) is 5.32 Å². The van der Waals surface area contributed by atoms with Crippen LogP contribution in [0.4, 0.5) is 14.5 Å². The summed E-state index contributed by atoms with van der Waals surface area (Å²) >= 11 is 0. The number of halogens is 2. The van der Waals surface area contributed by atoms with Crippen molar-refractivity contribution in [3.8, 4) is 6.07 Å². The highest BCUT2D eigenvalue weighted by molar-refractivity contribution is 5.97. The highest BCUT2D eigenvalue weighted by Crippen LogP contribution is 2.25. The Morgan fingerprint density at radius 3 is 2.61 bits per heavy atom. The zero-order valence-electron chi connectivity index (χ0n) is 15.6. The first kappa shape index (κ1) is 19.6. The second-order valence-electron chi connectivity index (χ2n) is 6.87. The molecule has 28 heavy (non-hydrogen) atoms. The fourth-order valence-electron chi connectivity index (χ4n) is 3.29. The average molecular weight is 381 g/mol. The molecule has 0 radical (unpaired) electrons. The topological polar surface area (TPSA) is 64.9 Å². The van der Waals surface area contributed by atoms with Gasteiger partial charge in [-0.15, -0.1) is 0 Å². The largest absolute Gasteiger partial charge is 0.358 e. The number of benzene rings is 2. The van der Waals surface area contributed by atoms with Gasteiger partial charge in [0.05, 0.1) is 11.7 Å². The third-order valence-corrected chi connectivity index (χ3v) is 4.89. The van der Waals surface area contributed by atoms with Crippen LogP contribution >= 0.6 is 0 Å². The van der Waals surface area contributed by atoms with Crippen LogP contribution < -0.4 is 10.6 Å². The van der Waals surface area contributed by atoms with Crippen molar-refractivity contribution in [2.75, 3.05) is 5.32 Å². The summed E-state index contributed by atoms with van der Waals surface area (Å²) in [5, 5.41) is 14.6. The highest BCUT2D eigenvalue weighted by atomic mass is 19.1. The highest BCUT2D eigenvalue weighted by Gasteiger charge is 2.16. The Bertz CT molecular complexity index is 963. The summed E-state index contributed by atoms with van der Waals surface area (Å²) in [7, 11) is 0. The summed E-state index contributed by atoms with van der Waals surface area (Å²) < 4.78 is 26.6. The number of amides is 1. The Kier molecular flexibility index (Phi) is 6.05. The van der Waals surface area contributed by atoms with Gasteiger partial charge in [-0.1, -0.05) is 18.2 Å². The fraction of sp³-hybridized carbons (Fsp3) is 0.273.